The predicted molar refractivity (Wildman–Crippen MR) is 165 cm³/mol. The molecule has 0 heterocycles. The summed E-state index contributed by atoms with van der Waals surface area (Å²) in [6.07, 6.45) is 6.30. The molecular formula is C31H35Cl2N3O4S. The second-order valence-electron chi connectivity index (χ2n) is 10.4. The summed E-state index contributed by atoms with van der Waals surface area (Å²) in [5.74, 6) is -0.796. The maximum absolute atomic E-state index is 14.2. The molecule has 1 aliphatic rings. The molecule has 0 saturated heterocycles. The first-order valence-corrected chi connectivity index (χ1v) is 16.3. The van der Waals surface area contributed by atoms with Gasteiger partial charge in [0.05, 0.1) is 11.9 Å². The highest BCUT2D eigenvalue weighted by molar-refractivity contribution is 7.92. The van der Waals surface area contributed by atoms with Crippen LogP contribution < -0.4 is 9.62 Å². The number of carbonyl (C=O) groups is 2. The lowest BCUT2D eigenvalue weighted by molar-refractivity contribution is -0.140. The van der Waals surface area contributed by atoms with Crippen LogP contribution in [0.4, 0.5) is 5.69 Å². The molecular weight excluding hydrogens is 581 g/mol. The Morgan fingerprint density at radius 3 is 2.17 bits per heavy atom. The van der Waals surface area contributed by atoms with Gasteiger partial charge >= 0.3 is 0 Å². The molecule has 10 heteroatoms. The van der Waals surface area contributed by atoms with E-state index in [1.54, 1.807) is 48.5 Å². The van der Waals surface area contributed by atoms with E-state index in [0.29, 0.717) is 21.3 Å². The van der Waals surface area contributed by atoms with E-state index < -0.39 is 28.5 Å². The van der Waals surface area contributed by atoms with Gasteiger partial charge in [0.2, 0.25) is 21.8 Å². The van der Waals surface area contributed by atoms with Crippen molar-refractivity contribution in [1.82, 2.24) is 10.2 Å². The Labute approximate surface area is 252 Å². The molecule has 41 heavy (non-hydrogen) atoms. The Hall–Kier alpha value is -3.07. The van der Waals surface area contributed by atoms with Crippen molar-refractivity contribution in [3.8, 4) is 0 Å². The summed E-state index contributed by atoms with van der Waals surface area (Å²) in [7, 11) is -3.82. The molecule has 0 aliphatic heterocycles. The molecule has 3 aromatic carbocycles. The van der Waals surface area contributed by atoms with Crippen molar-refractivity contribution in [2.75, 3.05) is 17.1 Å². The minimum atomic E-state index is -3.82. The molecule has 0 radical (unpaired) electrons. The van der Waals surface area contributed by atoms with Gasteiger partial charge in [0.1, 0.15) is 12.6 Å². The first-order valence-electron chi connectivity index (χ1n) is 13.7. The third-order valence-electron chi connectivity index (χ3n) is 7.30. The topological polar surface area (TPSA) is 86.8 Å². The number of rotatable bonds is 11. The number of carbonyl (C=O) groups excluding carboxylic acids is 2. The number of sulfonamides is 1. The Morgan fingerprint density at radius 1 is 0.927 bits per heavy atom. The van der Waals surface area contributed by atoms with Crippen molar-refractivity contribution in [3.63, 3.8) is 0 Å². The summed E-state index contributed by atoms with van der Waals surface area (Å²) < 4.78 is 26.7. The maximum atomic E-state index is 14.2. The van der Waals surface area contributed by atoms with E-state index >= 15 is 0 Å². The molecule has 7 nitrogen and oxygen atoms in total. The Balaban J connectivity index is 1.73. The summed E-state index contributed by atoms with van der Waals surface area (Å²) in [5, 5.41) is 3.98. The van der Waals surface area contributed by atoms with Crippen LogP contribution in [0.1, 0.15) is 43.2 Å². The van der Waals surface area contributed by atoms with Gasteiger partial charge in [-0.15, -0.1) is 0 Å². The zero-order chi connectivity index (χ0) is 29.4. The second-order valence-corrected chi connectivity index (χ2v) is 13.2. The maximum Gasteiger partial charge on any atom is 0.244 e. The van der Waals surface area contributed by atoms with E-state index in [0.717, 1.165) is 48.2 Å². The Bertz CT molecular complexity index is 1430. The second kappa shape index (κ2) is 14.2. The van der Waals surface area contributed by atoms with E-state index in [4.69, 9.17) is 23.2 Å². The van der Waals surface area contributed by atoms with E-state index in [1.807, 2.05) is 30.3 Å². The monoisotopic (exact) mass is 615 g/mol. The van der Waals surface area contributed by atoms with Crippen LogP contribution in [0, 0.1) is 0 Å². The summed E-state index contributed by atoms with van der Waals surface area (Å²) in [6.45, 7) is -0.479. The van der Waals surface area contributed by atoms with Crippen LogP contribution in [0.3, 0.4) is 0 Å². The molecule has 2 amide bonds. The van der Waals surface area contributed by atoms with Crippen molar-refractivity contribution in [1.29, 1.82) is 0 Å². The molecule has 218 valence electrons. The van der Waals surface area contributed by atoms with Gasteiger partial charge in [-0.1, -0.05) is 97.1 Å². The van der Waals surface area contributed by atoms with Crippen molar-refractivity contribution < 1.29 is 18.0 Å². The van der Waals surface area contributed by atoms with Gasteiger partial charge in [-0.25, -0.2) is 8.42 Å². The minimum absolute atomic E-state index is 0.00316. The zero-order valence-electron chi connectivity index (χ0n) is 23.0. The Kier molecular flexibility index (Phi) is 10.7. The van der Waals surface area contributed by atoms with Gasteiger partial charge in [-0.05, 0) is 48.2 Å². The summed E-state index contributed by atoms with van der Waals surface area (Å²) in [5.41, 5.74) is 1.83. The number of hydrogen-bond donors (Lipinski definition) is 1. The third kappa shape index (κ3) is 8.71. The number of amides is 2. The fourth-order valence-electron chi connectivity index (χ4n) is 5.14. The molecule has 3 aromatic rings. The molecule has 1 atom stereocenters. The standard InChI is InChI=1S/C31H35Cl2N3O4S/c1-41(39,40)36(27-15-9-4-10-16-27)22-30(37)35(21-24-17-18-25(32)20-28(24)33)29(19-23-11-5-2-6-12-23)31(38)34-26-13-7-3-8-14-26/h2,4-6,9-12,15-18,20,26,29H,3,7-8,13-14,19,21-22H2,1H3,(H,34,38)/t29-/m0/s1. The quantitative estimate of drug-likeness (QED) is 0.293. The van der Waals surface area contributed by atoms with E-state index in [2.05, 4.69) is 5.32 Å². The Morgan fingerprint density at radius 2 is 1.56 bits per heavy atom. The minimum Gasteiger partial charge on any atom is -0.352 e. The highest BCUT2D eigenvalue weighted by Gasteiger charge is 2.34. The van der Waals surface area contributed by atoms with Gasteiger partial charge in [0.15, 0.2) is 0 Å². The fourth-order valence-corrected chi connectivity index (χ4v) is 6.46. The number of nitrogens with zero attached hydrogens (tertiary/aromatic N) is 2. The normalized spacial score (nSPS) is 14.7. The lowest BCUT2D eigenvalue weighted by Crippen LogP contribution is -2.55. The average molecular weight is 617 g/mol. The van der Waals surface area contributed by atoms with Gasteiger partial charge in [0.25, 0.3) is 0 Å². The predicted octanol–water partition coefficient (Wildman–Crippen LogP) is 5.85. The van der Waals surface area contributed by atoms with Crippen LogP contribution in [0.15, 0.2) is 78.9 Å². The van der Waals surface area contributed by atoms with Crippen LogP contribution in [-0.4, -0.2) is 50.0 Å². The van der Waals surface area contributed by atoms with Crippen LogP contribution in [0.2, 0.25) is 10.0 Å². The lowest BCUT2D eigenvalue weighted by Gasteiger charge is -2.35. The fraction of sp³-hybridized carbons (Fsp3) is 0.355. The highest BCUT2D eigenvalue weighted by atomic mass is 35.5. The lowest BCUT2D eigenvalue weighted by atomic mass is 9.94. The molecule has 1 saturated carbocycles. The molecule has 0 spiro atoms. The first kappa shape index (κ1) is 30.9. The third-order valence-corrected chi connectivity index (χ3v) is 9.03. The molecule has 4 rings (SSSR count). The number of nitrogens with one attached hydrogen (secondary N) is 1. The van der Waals surface area contributed by atoms with Crippen LogP contribution >= 0.6 is 23.2 Å². The van der Waals surface area contributed by atoms with Crippen molar-refractivity contribution in [2.24, 2.45) is 0 Å². The molecule has 0 bridgehead atoms. The summed E-state index contributed by atoms with van der Waals surface area (Å²) >= 11 is 12.7. The number of para-hydroxylation sites is 1. The van der Waals surface area contributed by atoms with Gasteiger partial charge < -0.3 is 10.2 Å². The van der Waals surface area contributed by atoms with E-state index in [-0.39, 0.29) is 24.9 Å². The van der Waals surface area contributed by atoms with Crippen molar-refractivity contribution in [3.05, 3.63) is 100 Å². The number of halogens is 2. The number of hydrogen-bond acceptors (Lipinski definition) is 4. The van der Waals surface area contributed by atoms with Crippen LogP contribution in [0.5, 0.6) is 0 Å². The molecule has 1 N–H and O–H groups in total. The van der Waals surface area contributed by atoms with Crippen LogP contribution in [0.25, 0.3) is 0 Å². The summed E-state index contributed by atoms with van der Waals surface area (Å²) in [6, 6.07) is 22.0. The largest absolute Gasteiger partial charge is 0.352 e. The molecule has 0 unspecified atom stereocenters. The first-order chi connectivity index (χ1) is 19.6. The van der Waals surface area contributed by atoms with Crippen molar-refractivity contribution >= 4 is 50.7 Å². The molecule has 1 aliphatic carbocycles. The average Bonchev–Trinajstić information content (AvgIpc) is 2.95. The molecule has 1 fully saturated rings. The number of benzene rings is 3. The SMILES string of the molecule is CS(=O)(=O)N(CC(=O)N(Cc1ccc(Cl)cc1Cl)[C@@H](Cc1ccccc1)C(=O)NC1CCCCC1)c1ccccc1. The van der Waals surface area contributed by atoms with Gasteiger partial charge in [-0.2, -0.15) is 0 Å². The smallest absolute Gasteiger partial charge is 0.244 e. The number of anilines is 1. The zero-order valence-corrected chi connectivity index (χ0v) is 25.3. The van der Waals surface area contributed by atoms with E-state index in [1.165, 1.54) is 4.90 Å². The van der Waals surface area contributed by atoms with Crippen molar-refractivity contribution in [2.45, 2.75) is 57.2 Å². The van der Waals surface area contributed by atoms with E-state index in [9.17, 15) is 18.0 Å². The van der Waals surface area contributed by atoms with Gasteiger partial charge in [-0.3, -0.25) is 13.9 Å². The highest BCUT2D eigenvalue weighted by Crippen LogP contribution is 2.26. The summed E-state index contributed by atoms with van der Waals surface area (Å²) in [4.78, 5) is 29.6. The van der Waals surface area contributed by atoms with Crippen LogP contribution in [-0.2, 0) is 32.6 Å². The van der Waals surface area contributed by atoms with Gasteiger partial charge in [0, 0.05) is 29.1 Å². The molecule has 0 aromatic heterocycles.